The van der Waals surface area contributed by atoms with Gasteiger partial charge >= 0.3 is 0 Å². The first-order valence-electron chi connectivity index (χ1n) is 8.01. The van der Waals surface area contributed by atoms with E-state index in [1.807, 2.05) is 0 Å². The summed E-state index contributed by atoms with van der Waals surface area (Å²) in [7, 11) is 0. The Kier molecular flexibility index (Phi) is 6.47. The van der Waals surface area contributed by atoms with Gasteiger partial charge in [-0.2, -0.15) is 0 Å². The van der Waals surface area contributed by atoms with Gasteiger partial charge in [0.2, 0.25) is 0 Å². The normalized spacial score (nSPS) is 14.4. The lowest BCUT2D eigenvalue weighted by Gasteiger charge is -2.21. The summed E-state index contributed by atoms with van der Waals surface area (Å²) >= 11 is 0. The fourth-order valence-electron chi connectivity index (χ4n) is 2.37. The van der Waals surface area contributed by atoms with E-state index in [4.69, 9.17) is 4.74 Å². The third-order valence-electron chi connectivity index (χ3n) is 3.70. The Morgan fingerprint density at radius 2 is 1.80 bits per heavy atom. The molecule has 0 spiro atoms. The molecule has 0 aliphatic rings. The van der Waals surface area contributed by atoms with Crippen LogP contribution in [0.4, 0.5) is 8.78 Å². The minimum Gasteiger partial charge on any atom is -0.481 e. The van der Waals surface area contributed by atoms with E-state index in [0.29, 0.717) is 5.56 Å². The second kappa shape index (κ2) is 8.58. The monoisotopic (exact) mass is 349 g/mol. The highest BCUT2D eigenvalue weighted by Crippen LogP contribution is 2.19. The maximum atomic E-state index is 13.1. The summed E-state index contributed by atoms with van der Waals surface area (Å²) in [5, 5.41) is 12.9. The maximum absolute atomic E-state index is 13.1. The molecular formula is C19H21F2NO3. The van der Waals surface area contributed by atoms with Crippen molar-refractivity contribution in [2.24, 2.45) is 0 Å². The molecule has 134 valence electrons. The van der Waals surface area contributed by atoms with E-state index in [0.717, 1.165) is 0 Å². The molecule has 0 aliphatic heterocycles. The van der Waals surface area contributed by atoms with Gasteiger partial charge in [-0.3, -0.25) is 4.79 Å². The number of hydrogen-bond acceptors (Lipinski definition) is 3. The SMILES string of the molecule is CC(CC(O)c1ccc(F)cc1)NC(=O)C(C)Oc1cccc(F)c1. The lowest BCUT2D eigenvalue weighted by Crippen LogP contribution is -2.41. The van der Waals surface area contributed by atoms with Crippen molar-refractivity contribution >= 4 is 5.91 Å². The van der Waals surface area contributed by atoms with Crippen LogP contribution in [0.3, 0.4) is 0 Å². The molecule has 3 unspecified atom stereocenters. The lowest BCUT2D eigenvalue weighted by molar-refractivity contribution is -0.128. The lowest BCUT2D eigenvalue weighted by atomic mass is 10.0. The van der Waals surface area contributed by atoms with Crippen molar-refractivity contribution in [2.45, 2.75) is 38.5 Å². The van der Waals surface area contributed by atoms with Gasteiger partial charge in [-0.15, -0.1) is 0 Å². The standard InChI is InChI=1S/C19H21F2NO3/c1-12(10-18(23)14-6-8-15(20)9-7-14)22-19(24)13(2)25-17-5-3-4-16(21)11-17/h3-9,11-13,18,23H,10H2,1-2H3,(H,22,24). The number of nitrogens with one attached hydrogen (secondary N) is 1. The van der Waals surface area contributed by atoms with E-state index in [1.165, 1.54) is 42.5 Å². The van der Waals surface area contributed by atoms with Gasteiger partial charge in [0.15, 0.2) is 6.10 Å². The van der Waals surface area contributed by atoms with Crippen LogP contribution in [-0.2, 0) is 4.79 Å². The van der Waals surface area contributed by atoms with Crippen molar-refractivity contribution in [3.63, 3.8) is 0 Å². The van der Waals surface area contributed by atoms with E-state index in [2.05, 4.69) is 5.32 Å². The average molecular weight is 349 g/mol. The van der Waals surface area contributed by atoms with Crippen LogP contribution in [0.5, 0.6) is 5.75 Å². The summed E-state index contributed by atoms with van der Waals surface area (Å²) in [6.07, 6.45) is -1.37. The van der Waals surface area contributed by atoms with Gasteiger partial charge in [0.25, 0.3) is 5.91 Å². The molecule has 0 radical (unpaired) electrons. The Balaban J connectivity index is 1.85. The molecule has 2 N–H and O–H groups in total. The molecule has 6 heteroatoms. The molecule has 2 aromatic carbocycles. The topological polar surface area (TPSA) is 58.6 Å². The highest BCUT2D eigenvalue weighted by atomic mass is 19.1. The summed E-state index contributed by atoms with van der Waals surface area (Å²) in [5.41, 5.74) is 0.576. The molecule has 2 rings (SSSR count). The molecule has 1 amide bonds. The molecule has 0 fully saturated rings. The Morgan fingerprint density at radius 3 is 2.44 bits per heavy atom. The molecular weight excluding hydrogens is 328 g/mol. The van der Waals surface area contributed by atoms with Crippen molar-refractivity contribution in [1.82, 2.24) is 5.32 Å². The number of ether oxygens (including phenoxy) is 1. The summed E-state index contributed by atoms with van der Waals surface area (Å²) in [6.45, 7) is 3.31. The van der Waals surface area contributed by atoms with Gasteiger partial charge in [0.1, 0.15) is 17.4 Å². The average Bonchev–Trinajstić information content (AvgIpc) is 2.55. The predicted molar refractivity (Wildman–Crippen MR) is 90.1 cm³/mol. The second-order valence-corrected chi connectivity index (χ2v) is 5.93. The summed E-state index contributed by atoms with van der Waals surface area (Å²) < 4.78 is 31.4. The smallest absolute Gasteiger partial charge is 0.260 e. The van der Waals surface area contributed by atoms with E-state index in [9.17, 15) is 18.7 Å². The zero-order chi connectivity index (χ0) is 18.4. The highest BCUT2D eigenvalue weighted by Gasteiger charge is 2.19. The highest BCUT2D eigenvalue weighted by molar-refractivity contribution is 5.80. The number of amides is 1. The van der Waals surface area contributed by atoms with Crippen molar-refractivity contribution in [2.75, 3.05) is 0 Å². The van der Waals surface area contributed by atoms with E-state index < -0.39 is 18.0 Å². The minimum atomic E-state index is -0.824. The van der Waals surface area contributed by atoms with Gasteiger partial charge in [-0.1, -0.05) is 18.2 Å². The van der Waals surface area contributed by atoms with Gasteiger partial charge in [0.05, 0.1) is 6.10 Å². The Morgan fingerprint density at radius 1 is 1.12 bits per heavy atom. The van der Waals surface area contributed by atoms with Crippen molar-refractivity contribution in [1.29, 1.82) is 0 Å². The molecule has 0 saturated heterocycles. The summed E-state index contributed by atoms with van der Waals surface area (Å²) in [6, 6.07) is 10.8. The number of benzene rings is 2. The number of aliphatic hydroxyl groups is 1. The number of halogens is 2. The van der Waals surface area contributed by atoms with Crippen molar-refractivity contribution in [3.05, 3.63) is 65.7 Å². The molecule has 0 aromatic heterocycles. The molecule has 0 saturated carbocycles. The number of aliphatic hydroxyl groups excluding tert-OH is 1. The summed E-state index contributed by atoms with van der Waals surface area (Å²) in [5.74, 6) is -0.925. The molecule has 0 aliphatic carbocycles. The molecule has 0 heterocycles. The molecule has 2 aromatic rings. The van der Waals surface area contributed by atoms with Gasteiger partial charge in [0, 0.05) is 12.1 Å². The number of carbonyl (C=O) groups excluding carboxylic acids is 1. The summed E-state index contributed by atoms with van der Waals surface area (Å²) in [4.78, 5) is 12.1. The van der Waals surface area contributed by atoms with Gasteiger partial charge in [-0.25, -0.2) is 8.78 Å². The fourth-order valence-corrected chi connectivity index (χ4v) is 2.37. The quantitative estimate of drug-likeness (QED) is 0.806. The van der Waals surface area contributed by atoms with Crippen LogP contribution in [0.2, 0.25) is 0 Å². The van der Waals surface area contributed by atoms with E-state index in [1.54, 1.807) is 19.9 Å². The number of hydrogen-bond donors (Lipinski definition) is 2. The number of carbonyl (C=O) groups is 1. The van der Waals surface area contributed by atoms with Gasteiger partial charge in [-0.05, 0) is 50.1 Å². The van der Waals surface area contributed by atoms with Crippen LogP contribution in [0, 0.1) is 11.6 Å². The Bertz CT molecular complexity index is 706. The van der Waals surface area contributed by atoms with Crippen LogP contribution in [0.15, 0.2) is 48.5 Å². The maximum Gasteiger partial charge on any atom is 0.260 e. The minimum absolute atomic E-state index is 0.265. The third-order valence-corrected chi connectivity index (χ3v) is 3.70. The molecule has 0 bridgehead atoms. The molecule has 4 nitrogen and oxygen atoms in total. The molecule has 25 heavy (non-hydrogen) atoms. The van der Waals surface area contributed by atoms with Crippen LogP contribution >= 0.6 is 0 Å². The van der Waals surface area contributed by atoms with Gasteiger partial charge < -0.3 is 15.2 Å². The molecule has 3 atom stereocenters. The van der Waals surface area contributed by atoms with Crippen molar-refractivity contribution in [3.8, 4) is 5.75 Å². The fraction of sp³-hybridized carbons (Fsp3) is 0.316. The number of rotatable bonds is 7. The van der Waals surface area contributed by atoms with Crippen LogP contribution in [-0.4, -0.2) is 23.2 Å². The Hall–Kier alpha value is -2.47. The zero-order valence-electron chi connectivity index (χ0n) is 14.1. The second-order valence-electron chi connectivity index (χ2n) is 5.93. The van der Waals surface area contributed by atoms with E-state index in [-0.39, 0.29) is 29.9 Å². The third kappa shape index (κ3) is 5.83. The van der Waals surface area contributed by atoms with Crippen LogP contribution in [0.1, 0.15) is 31.9 Å². The first-order chi connectivity index (χ1) is 11.8. The zero-order valence-corrected chi connectivity index (χ0v) is 14.1. The van der Waals surface area contributed by atoms with E-state index >= 15 is 0 Å². The van der Waals surface area contributed by atoms with Crippen LogP contribution < -0.4 is 10.1 Å². The first-order valence-corrected chi connectivity index (χ1v) is 8.01. The predicted octanol–water partition coefficient (Wildman–Crippen LogP) is 3.36. The van der Waals surface area contributed by atoms with Crippen molar-refractivity contribution < 1.29 is 23.4 Å². The largest absolute Gasteiger partial charge is 0.481 e. The first kappa shape index (κ1) is 18.9. The van der Waals surface area contributed by atoms with Crippen LogP contribution in [0.25, 0.3) is 0 Å². The Labute approximate surface area is 145 Å².